The molecule has 2 rings (SSSR count). The molecule has 2 aliphatic carbocycles. The van der Waals surface area contributed by atoms with Gasteiger partial charge in [-0.1, -0.05) is 12.2 Å². The summed E-state index contributed by atoms with van der Waals surface area (Å²) in [5.74, 6) is -2.27. The topological polar surface area (TPSA) is 93.1 Å². The quantitative estimate of drug-likeness (QED) is 0.319. The molecule has 6 nitrogen and oxygen atoms in total. The average molecular weight is 254 g/mol. The number of hydrogen-bond acceptors (Lipinski definition) is 5. The molecular weight excluding hydrogens is 240 g/mol. The van der Waals surface area contributed by atoms with E-state index in [-0.39, 0.29) is 11.7 Å². The predicted molar refractivity (Wildman–Crippen MR) is 59.4 cm³/mol. The van der Waals surface area contributed by atoms with Gasteiger partial charge in [0.2, 0.25) is 0 Å². The fraction of sp³-hybridized carbons (Fsp3) is 0.500. The number of ether oxygens (including phenoxy) is 2. The Morgan fingerprint density at radius 3 is 2.72 bits per heavy atom. The number of carboxylic acids is 1. The molecule has 1 saturated carbocycles. The van der Waals surface area contributed by atoms with Crippen molar-refractivity contribution in [3.63, 3.8) is 0 Å². The molecule has 98 valence electrons. The number of carbonyl (C=O) groups excluding carboxylic acids is 1. The number of carboxylic acid groups (broad SMARTS) is 1. The average Bonchev–Trinajstić information content (AvgIpc) is 3.08. The minimum Gasteiger partial charge on any atom is -0.481 e. The van der Waals surface area contributed by atoms with E-state index in [0.717, 1.165) is 0 Å². The maximum Gasteiger partial charge on any atom is 0.372 e. The molecule has 18 heavy (non-hydrogen) atoms. The fourth-order valence-electron chi connectivity index (χ4n) is 2.32. The third-order valence-corrected chi connectivity index (χ3v) is 3.47. The highest BCUT2D eigenvalue weighted by molar-refractivity contribution is 5.85. The van der Waals surface area contributed by atoms with E-state index in [4.69, 9.17) is 9.84 Å². The van der Waals surface area contributed by atoms with Crippen LogP contribution >= 0.6 is 0 Å². The van der Waals surface area contributed by atoms with Gasteiger partial charge in [-0.05, 0) is 13.0 Å². The van der Waals surface area contributed by atoms with Gasteiger partial charge < -0.3 is 19.7 Å². The zero-order valence-electron chi connectivity index (χ0n) is 9.83. The predicted octanol–water partition coefficient (Wildman–Crippen LogP) is 0.0799. The minimum atomic E-state index is -0.972. The van der Waals surface area contributed by atoms with Crippen LogP contribution in [0.25, 0.3) is 0 Å². The van der Waals surface area contributed by atoms with E-state index >= 15 is 0 Å². The molecule has 0 saturated heterocycles. The SMILES string of the molecule is C=C(O[C@H]1[C@H](O)C=C[C@@]2(C(=O)O)C[C@@H]12)C(=O)OC. The Hall–Kier alpha value is -1.82. The molecule has 0 aromatic heterocycles. The summed E-state index contributed by atoms with van der Waals surface area (Å²) >= 11 is 0. The number of aliphatic hydroxyl groups is 1. The van der Waals surface area contributed by atoms with Gasteiger partial charge in [-0.3, -0.25) is 4.79 Å². The Morgan fingerprint density at radius 1 is 1.50 bits per heavy atom. The van der Waals surface area contributed by atoms with Gasteiger partial charge in [0, 0.05) is 5.92 Å². The van der Waals surface area contributed by atoms with Crippen LogP contribution in [0.1, 0.15) is 6.42 Å². The standard InChI is InChI=1S/C12H14O6/c1-6(10(14)17-2)18-9-7-5-12(7,11(15)16)4-3-8(9)13/h3-4,7-9,13H,1,5H2,2H3,(H,15,16)/t7-,8+,9+,12+/m0/s1. The zero-order chi connectivity index (χ0) is 13.5. The van der Waals surface area contributed by atoms with Gasteiger partial charge in [0.1, 0.15) is 12.2 Å². The van der Waals surface area contributed by atoms with Crippen LogP contribution in [0.4, 0.5) is 0 Å². The lowest BCUT2D eigenvalue weighted by Gasteiger charge is -2.27. The van der Waals surface area contributed by atoms with Crippen LogP contribution in [0.2, 0.25) is 0 Å². The Balaban J connectivity index is 2.11. The third kappa shape index (κ3) is 1.78. The molecule has 6 heteroatoms. The van der Waals surface area contributed by atoms with E-state index in [1.54, 1.807) is 0 Å². The summed E-state index contributed by atoms with van der Waals surface area (Å²) in [6.45, 7) is 3.40. The van der Waals surface area contributed by atoms with Crippen LogP contribution in [-0.2, 0) is 19.1 Å². The molecule has 0 radical (unpaired) electrons. The van der Waals surface area contributed by atoms with Crippen LogP contribution in [0, 0.1) is 11.3 Å². The molecular formula is C12H14O6. The van der Waals surface area contributed by atoms with Crippen LogP contribution < -0.4 is 0 Å². The van der Waals surface area contributed by atoms with E-state index in [1.807, 2.05) is 0 Å². The van der Waals surface area contributed by atoms with Crippen molar-refractivity contribution in [2.75, 3.05) is 7.11 Å². The van der Waals surface area contributed by atoms with E-state index in [9.17, 15) is 14.7 Å². The molecule has 0 bridgehead atoms. The van der Waals surface area contributed by atoms with Crippen molar-refractivity contribution in [2.24, 2.45) is 11.3 Å². The van der Waals surface area contributed by atoms with Crippen LogP contribution in [0.5, 0.6) is 0 Å². The van der Waals surface area contributed by atoms with Crippen LogP contribution in [0.15, 0.2) is 24.5 Å². The molecule has 0 heterocycles. The first kappa shape index (κ1) is 12.6. The van der Waals surface area contributed by atoms with Gasteiger partial charge in [0.15, 0.2) is 5.76 Å². The summed E-state index contributed by atoms with van der Waals surface area (Å²) in [5, 5.41) is 18.9. The number of methoxy groups -OCH3 is 1. The minimum absolute atomic E-state index is 0.233. The Morgan fingerprint density at radius 2 is 2.17 bits per heavy atom. The van der Waals surface area contributed by atoms with E-state index in [0.29, 0.717) is 6.42 Å². The molecule has 2 N–H and O–H groups in total. The molecule has 1 fully saturated rings. The van der Waals surface area contributed by atoms with Gasteiger partial charge >= 0.3 is 11.9 Å². The molecule has 0 amide bonds. The number of rotatable bonds is 4. The van der Waals surface area contributed by atoms with E-state index < -0.39 is 29.6 Å². The second kappa shape index (κ2) is 4.13. The van der Waals surface area contributed by atoms with Crippen LogP contribution in [0.3, 0.4) is 0 Å². The van der Waals surface area contributed by atoms with E-state index in [2.05, 4.69) is 11.3 Å². The zero-order valence-corrected chi connectivity index (χ0v) is 9.83. The lowest BCUT2D eigenvalue weighted by molar-refractivity contribution is -0.145. The second-order valence-corrected chi connectivity index (χ2v) is 4.50. The maximum absolute atomic E-state index is 11.2. The summed E-state index contributed by atoms with van der Waals surface area (Å²) in [6.07, 6.45) is 1.52. The molecule has 4 atom stereocenters. The van der Waals surface area contributed by atoms with Crippen molar-refractivity contribution in [1.29, 1.82) is 0 Å². The monoisotopic (exact) mass is 254 g/mol. The molecule has 2 aliphatic rings. The highest BCUT2D eigenvalue weighted by Crippen LogP contribution is 2.59. The Labute approximate surface area is 104 Å². The Kier molecular flexibility index (Phi) is 2.90. The first-order valence-electron chi connectivity index (χ1n) is 5.47. The molecule has 0 aromatic rings. The number of hydrogen-bond donors (Lipinski definition) is 2. The lowest BCUT2D eigenvalue weighted by Crippen LogP contribution is -2.37. The smallest absolute Gasteiger partial charge is 0.372 e. The first-order chi connectivity index (χ1) is 8.42. The first-order valence-corrected chi connectivity index (χ1v) is 5.47. The summed E-state index contributed by atoms with van der Waals surface area (Å²) < 4.78 is 9.68. The number of fused-ring (bicyclic) bond motifs is 1. The van der Waals surface area contributed by atoms with Crippen molar-refractivity contribution in [2.45, 2.75) is 18.6 Å². The summed E-state index contributed by atoms with van der Waals surface area (Å²) in [6, 6.07) is 0. The fourth-order valence-corrected chi connectivity index (χ4v) is 2.32. The maximum atomic E-state index is 11.2. The number of aliphatic hydroxyl groups excluding tert-OH is 1. The van der Waals surface area contributed by atoms with Gasteiger partial charge in [0.05, 0.1) is 12.5 Å². The highest BCUT2D eigenvalue weighted by atomic mass is 16.6. The largest absolute Gasteiger partial charge is 0.481 e. The van der Waals surface area contributed by atoms with Crippen molar-refractivity contribution in [3.8, 4) is 0 Å². The van der Waals surface area contributed by atoms with E-state index in [1.165, 1.54) is 19.3 Å². The second-order valence-electron chi connectivity index (χ2n) is 4.50. The number of aliphatic carboxylic acids is 1. The van der Waals surface area contributed by atoms with Gasteiger partial charge in [-0.15, -0.1) is 0 Å². The van der Waals surface area contributed by atoms with Crippen molar-refractivity contribution in [1.82, 2.24) is 0 Å². The number of esters is 1. The van der Waals surface area contributed by atoms with Gasteiger partial charge in [0.25, 0.3) is 0 Å². The summed E-state index contributed by atoms with van der Waals surface area (Å²) in [4.78, 5) is 22.3. The normalized spacial score (nSPS) is 36.4. The number of carbonyl (C=O) groups is 2. The highest BCUT2D eigenvalue weighted by Gasteiger charge is 2.65. The summed E-state index contributed by atoms with van der Waals surface area (Å²) in [7, 11) is 1.19. The summed E-state index contributed by atoms with van der Waals surface area (Å²) in [5.41, 5.74) is -0.972. The Bertz CT molecular complexity index is 440. The van der Waals surface area contributed by atoms with Crippen LogP contribution in [-0.4, -0.2) is 41.5 Å². The van der Waals surface area contributed by atoms with Gasteiger partial charge in [-0.25, -0.2) is 4.79 Å². The molecule has 0 unspecified atom stereocenters. The van der Waals surface area contributed by atoms with Crippen molar-refractivity contribution >= 4 is 11.9 Å². The lowest BCUT2D eigenvalue weighted by atomic mass is 9.91. The van der Waals surface area contributed by atoms with Gasteiger partial charge in [-0.2, -0.15) is 0 Å². The van der Waals surface area contributed by atoms with Crippen molar-refractivity contribution in [3.05, 3.63) is 24.5 Å². The molecule has 0 spiro atoms. The molecule has 0 aromatic carbocycles. The molecule has 0 aliphatic heterocycles. The third-order valence-electron chi connectivity index (χ3n) is 3.47. The van der Waals surface area contributed by atoms with Crippen molar-refractivity contribution < 1.29 is 29.3 Å².